The van der Waals surface area contributed by atoms with Gasteiger partial charge >= 0.3 is 0 Å². The van der Waals surface area contributed by atoms with Gasteiger partial charge in [-0.15, -0.1) is 0 Å². The summed E-state index contributed by atoms with van der Waals surface area (Å²) in [6.07, 6.45) is 0.697. The van der Waals surface area contributed by atoms with Crippen LogP contribution in [0.25, 0.3) is 11.0 Å². The molecule has 0 N–H and O–H groups in total. The highest BCUT2D eigenvalue weighted by molar-refractivity contribution is 6.33. The fourth-order valence-corrected chi connectivity index (χ4v) is 1.71. The van der Waals surface area contributed by atoms with Gasteiger partial charge < -0.3 is 4.42 Å². The third kappa shape index (κ3) is 1.23. The number of aryl methyl sites for hydroxylation is 2. The van der Waals surface area contributed by atoms with Crippen LogP contribution in [0.4, 0.5) is 0 Å². The number of furan rings is 1. The van der Waals surface area contributed by atoms with Gasteiger partial charge in [0.05, 0.1) is 0 Å². The van der Waals surface area contributed by atoms with Crippen LogP contribution in [0.15, 0.2) is 16.5 Å². The van der Waals surface area contributed by atoms with Crippen LogP contribution in [-0.4, -0.2) is 6.29 Å². The molecule has 0 unspecified atom stereocenters. The lowest BCUT2D eigenvalue weighted by molar-refractivity contribution is 0.110. The summed E-state index contributed by atoms with van der Waals surface area (Å²) in [4.78, 5) is 10.5. The standard InChI is InChI=1S/C11H9ClO2/c1-6-3-10-9(7(2)11(6)12)4-8(5-13)14-10/h3-5H,1-2H3. The molecule has 0 aliphatic carbocycles. The van der Waals surface area contributed by atoms with Crippen molar-refractivity contribution in [2.45, 2.75) is 13.8 Å². The van der Waals surface area contributed by atoms with Gasteiger partial charge in [-0.25, -0.2) is 0 Å². The van der Waals surface area contributed by atoms with Crippen molar-refractivity contribution in [2.75, 3.05) is 0 Å². The van der Waals surface area contributed by atoms with Gasteiger partial charge in [0.15, 0.2) is 12.0 Å². The Hall–Kier alpha value is -1.28. The number of fused-ring (bicyclic) bond motifs is 1. The molecule has 72 valence electrons. The average molecular weight is 209 g/mol. The summed E-state index contributed by atoms with van der Waals surface area (Å²) in [6.45, 7) is 3.83. The van der Waals surface area contributed by atoms with Crippen LogP contribution >= 0.6 is 11.6 Å². The normalized spacial score (nSPS) is 10.8. The monoisotopic (exact) mass is 208 g/mol. The number of hydrogen-bond donors (Lipinski definition) is 0. The molecule has 0 bridgehead atoms. The first-order valence-corrected chi connectivity index (χ1v) is 4.65. The van der Waals surface area contributed by atoms with Gasteiger partial charge in [-0.05, 0) is 37.1 Å². The predicted molar refractivity (Wildman–Crippen MR) is 56.1 cm³/mol. The Labute approximate surface area is 86.5 Å². The Morgan fingerprint density at radius 2 is 2.07 bits per heavy atom. The zero-order valence-corrected chi connectivity index (χ0v) is 8.68. The Kier molecular flexibility index (Phi) is 2.08. The molecule has 1 heterocycles. The van der Waals surface area contributed by atoms with E-state index in [0.717, 1.165) is 21.5 Å². The van der Waals surface area contributed by atoms with Gasteiger partial charge in [0, 0.05) is 10.4 Å². The molecule has 1 aromatic carbocycles. The van der Waals surface area contributed by atoms with Crippen molar-refractivity contribution in [3.8, 4) is 0 Å². The fourth-order valence-electron chi connectivity index (χ4n) is 1.56. The Morgan fingerprint density at radius 3 is 2.71 bits per heavy atom. The van der Waals surface area contributed by atoms with Gasteiger partial charge in [-0.2, -0.15) is 0 Å². The van der Waals surface area contributed by atoms with Crippen molar-refractivity contribution in [1.29, 1.82) is 0 Å². The molecule has 0 radical (unpaired) electrons. The van der Waals surface area contributed by atoms with Crippen molar-refractivity contribution in [3.63, 3.8) is 0 Å². The summed E-state index contributed by atoms with van der Waals surface area (Å²) in [5.41, 5.74) is 2.63. The summed E-state index contributed by atoms with van der Waals surface area (Å²) in [6, 6.07) is 3.56. The van der Waals surface area contributed by atoms with Crippen molar-refractivity contribution in [2.24, 2.45) is 0 Å². The maximum absolute atomic E-state index is 10.5. The molecule has 0 amide bonds. The molecule has 0 aliphatic rings. The molecular weight excluding hydrogens is 200 g/mol. The number of carbonyl (C=O) groups excluding carboxylic acids is 1. The van der Waals surface area contributed by atoms with Gasteiger partial charge in [0.1, 0.15) is 5.58 Å². The fraction of sp³-hybridized carbons (Fsp3) is 0.182. The third-order valence-electron chi connectivity index (χ3n) is 2.32. The zero-order valence-electron chi connectivity index (χ0n) is 7.93. The summed E-state index contributed by atoms with van der Waals surface area (Å²) in [5, 5.41) is 1.64. The summed E-state index contributed by atoms with van der Waals surface area (Å²) in [5.74, 6) is 0.338. The number of aldehydes is 1. The molecule has 0 aliphatic heterocycles. The van der Waals surface area contributed by atoms with Crippen molar-refractivity contribution in [3.05, 3.63) is 34.0 Å². The zero-order chi connectivity index (χ0) is 10.3. The maximum Gasteiger partial charge on any atom is 0.185 e. The summed E-state index contributed by atoms with van der Waals surface area (Å²) >= 11 is 6.08. The molecule has 2 rings (SSSR count). The van der Waals surface area contributed by atoms with E-state index in [1.165, 1.54) is 0 Å². The average Bonchev–Trinajstić information content (AvgIpc) is 2.57. The van der Waals surface area contributed by atoms with Gasteiger partial charge in [-0.3, -0.25) is 4.79 Å². The smallest absolute Gasteiger partial charge is 0.185 e. The van der Waals surface area contributed by atoms with Crippen molar-refractivity contribution in [1.82, 2.24) is 0 Å². The maximum atomic E-state index is 10.5. The predicted octanol–water partition coefficient (Wildman–Crippen LogP) is 3.52. The van der Waals surface area contributed by atoms with Crippen LogP contribution in [-0.2, 0) is 0 Å². The van der Waals surface area contributed by atoms with Crippen LogP contribution in [0.1, 0.15) is 21.7 Å². The lowest BCUT2D eigenvalue weighted by Gasteiger charge is -2.02. The summed E-state index contributed by atoms with van der Waals surface area (Å²) in [7, 11) is 0. The molecule has 3 heteroatoms. The SMILES string of the molecule is Cc1cc2oc(C=O)cc2c(C)c1Cl. The minimum Gasteiger partial charge on any atom is -0.453 e. The third-order valence-corrected chi connectivity index (χ3v) is 2.90. The Morgan fingerprint density at radius 1 is 1.36 bits per heavy atom. The molecule has 0 atom stereocenters. The molecule has 2 aromatic rings. The van der Waals surface area contributed by atoms with Crippen LogP contribution in [0.2, 0.25) is 5.02 Å². The van der Waals surface area contributed by atoms with E-state index >= 15 is 0 Å². The van der Waals surface area contributed by atoms with Crippen molar-refractivity contribution < 1.29 is 9.21 Å². The number of benzene rings is 1. The van der Waals surface area contributed by atoms with E-state index in [4.69, 9.17) is 16.0 Å². The van der Waals surface area contributed by atoms with E-state index in [9.17, 15) is 4.79 Å². The first-order chi connectivity index (χ1) is 6.63. The van der Waals surface area contributed by atoms with E-state index < -0.39 is 0 Å². The van der Waals surface area contributed by atoms with E-state index in [1.807, 2.05) is 19.9 Å². The van der Waals surface area contributed by atoms with Gasteiger partial charge in [0.2, 0.25) is 0 Å². The second-order valence-electron chi connectivity index (χ2n) is 3.31. The highest BCUT2D eigenvalue weighted by atomic mass is 35.5. The lowest BCUT2D eigenvalue weighted by atomic mass is 10.1. The van der Waals surface area contributed by atoms with Crippen molar-refractivity contribution >= 4 is 28.9 Å². The molecule has 14 heavy (non-hydrogen) atoms. The van der Waals surface area contributed by atoms with Crippen LogP contribution in [0, 0.1) is 13.8 Å². The van der Waals surface area contributed by atoms with Gasteiger partial charge in [0.25, 0.3) is 0 Å². The van der Waals surface area contributed by atoms with Crippen LogP contribution in [0.3, 0.4) is 0 Å². The number of halogens is 1. The van der Waals surface area contributed by atoms with E-state index in [1.54, 1.807) is 6.07 Å². The highest BCUT2D eigenvalue weighted by Gasteiger charge is 2.10. The highest BCUT2D eigenvalue weighted by Crippen LogP contribution is 2.30. The number of rotatable bonds is 1. The lowest BCUT2D eigenvalue weighted by Crippen LogP contribution is -1.81. The Bertz CT molecular complexity index is 511. The summed E-state index contributed by atoms with van der Waals surface area (Å²) < 4.78 is 5.31. The largest absolute Gasteiger partial charge is 0.453 e. The molecule has 0 saturated heterocycles. The first kappa shape index (κ1) is 9.28. The van der Waals surface area contributed by atoms with Gasteiger partial charge in [-0.1, -0.05) is 11.6 Å². The molecule has 2 nitrogen and oxygen atoms in total. The van der Waals surface area contributed by atoms with E-state index in [-0.39, 0.29) is 0 Å². The molecule has 0 fully saturated rings. The second kappa shape index (κ2) is 3.14. The van der Waals surface area contributed by atoms with Crippen LogP contribution < -0.4 is 0 Å². The Balaban J connectivity index is 2.87. The molecule has 0 saturated carbocycles. The molecular formula is C11H9ClO2. The second-order valence-corrected chi connectivity index (χ2v) is 3.69. The first-order valence-electron chi connectivity index (χ1n) is 4.28. The number of hydrogen-bond acceptors (Lipinski definition) is 2. The topological polar surface area (TPSA) is 30.2 Å². The van der Waals surface area contributed by atoms with Crippen LogP contribution in [0.5, 0.6) is 0 Å². The van der Waals surface area contributed by atoms with E-state index in [0.29, 0.717) is 17.6 Å². The minimum absolute atomic E-state index is 0.338. The van der Waals surface area contributed by atoms with E-state index in [2.05, 4.69) is 0 Å². The quantitative estimate of drug-likeness (QED) is 0.672. The molecule has 0 spiro atoms. The minimum atomic E-state index is 0.338. The number of carbonyl (C=O) groups is 1. The molecule has 1 aromatic heterocycles.